The minimum Gasteiger partial charge on any atom is -0.383 e. The van der Waals surface area contributed by atoms with Gasteiger partial charge in [0.25, 0.3) is 5.91 Å². The van der Waals surface area contributed by atoms with Crippen molar-refractivity contribution < 1.29 is 18.0 Å². The van der Waals surface area contributed by atoms with Crippen LogP contribution in [0.2, 0.25) is 0 Å². The van der Waals surface area contributed by atoms with Crippen LogP contribution in [-0.2, 0) is 0 Å². The lowest BCUT2D eigenvalue weighted by Gasteiger charge is -2.08. The number of carbonyl (C=O) groups is 1. The Morgan fingerprint density at radius 2 is 2.11 bits per heavy atom. The molecule has 0 saturated carbocycles. The van der Waals surface area contributed by atoms with Crippen LogP contribution in [0, 0.1) is 0 Å². The maximum absolute atomic E-state index is 11.9. The molecule has 4 nitrogen and oxygen atoms in total. The third-order valence-corrected chi connectivity index (χ3v) is 2.74. The number of hydrogen-bond donors (Lipinski definition) is 2. The van der Waals surface area contributed by atoms with Gasteiger partial charge in [0.15, 0.2) is 0 Å². The first-order chi connectivity index (χ1) is 8.79. The lowest BCUT2D eigenvalue weighted by molar-refractivity contribution is -0.135. The van der Waals surface area contributed by atoms with E-state index < -0.39 is 18.5 Å². The lowest BCUT2D eigenvalue weighted by atomic mass is 10.2. The molecular formula is C11H13BrF3N3O. The van der Waals surface area contributed by atoms with Crippen molar-refractivity contribution >= 4 is 27.7 Å². The second-order valence-corrected chi connectivity index (χ2v) is 4.83. The molecule has 106 valence electrons. The Bertz CT molecular complexity index is 451. The summed E-state index contributed by atoms with van der Waals surface area (Å²) in [6.45, 7) is 0.168. The lowest BCUT2D eigenvalue weighted by Crippen LogP contribution is -2.26. The first-order valence-electron chi connectivity index (χ1n) is 5.55. The number of amides is 1. The minimum atomic E-state index is -4.15. The average molecular weight is 340 g/mol. The number of rotatable bonds is 5. The second kappa shape index (κ2) is 6.74. The molecule has 1 heterocycles. The van der Waals surface area contributed by atoms with Crippen molar-refractivity contribution in [3.63, 3.8) is 0 Å². The summed E-state index contributed by atoms with van der Waals surface area (Å²) >= 11 is 3.16. The Balaban J connectivity index is 2.38. The highest BCUT2D eigenvalue weighted by molar-refractivity contribution is 9.10. The number of unbranched alkanes of at least 4 members (excludes halogenated alkanes) is 1. The molecule has 1 aromatic rings. The van der Waals surface area contributed by atoms with Crippen molar-refractivity contribution in [2.75, 3.05) is 12.3 Å². The predicted molar refractivity (Wildman–Crippen MR) is 68.6 cm³/mol. The van der Waals surface area contributed by atoms with E-state index in [1.807, 2.05) is 0 Å². The first kappa shape index (κ1) is 15.7. The molecule has 1 amide bonds. The summed E-state index contributed by atoms with van der Waals surface area (Å²) in [7, 11) is 0. The highest BCUT2D eigenvalue weighted by Crippen LogP contribution is 2.22. The molecule has 0 radical (unpaired) electrons. The Labute approximate surface area is 116 Å². The van der Waals surface area contributed by atoms with Crippen molar-refractivity contribution in [2.45, 2.75) is 25.4 Å². The van der Waals surface area contributed by atoms with Crippen LogP contribution in [0.5, 0.6) is 0 Å². The number of alkyl halides is 3. The van der Waals surface area contributed by atoms with Gasteiger partial charge in [-0.05, 0) is 34.8 Å². The van der Waals surface area contributed by atoms with Crippen molar-refractivity contribution in [3.05, 3.63) is 22.3 Å². The molecule has 0 unspecified atom stereocenters. The number of nitrogens with one attached hydrogen (secondary N) is 1. The Morgan fingerprint density at radius 1 is 1.42 bits per heavy atom. The molecule has 0 fully saturated rings. The summed E-state index contributed by atoms with van der Waals surface area (Å²) in [5, 5.41) is 2.51. The quantitative estimate of drug-likeness (QED) is 0.810. The van der Waals surface area contributed by atoms with Crippen LogP contribution in [0.25, 0.3) is 0 Å². The van der Waals surface area contributed by atoms with E-state index in [0.717, 1.165) is 0 Å². The molecule has 0 aliphatic carbocycles. The van der Waals surface area contributed by atoms with Gasteiger partial charge < -0.3 is 11.1 Å². The fraction of sp³-hybridized carbons (Fsp3) is 0.455. The number of nitrogen functional groups attached to an aromatic ring is 1. The molecule has 1 aromatic heterocycles. The van der Waals surface area contributed by atoms with Crippen LogP contribution in [-0.4, -0.2) is 23.6 Å². The number of anilines is 1. The fourth-order valence-corrected chi connectivity index (χ4v) is 1.71. The van der Waals surface area contributed by atoms with Crippen molar-refractivity contribution in [2.24, 2.45) is 0 Å². The van der Waals surface area contributed by atoms with E-state index in [1.54, 1.807) is 0 Å². The monoisotopic (exact) mass is 339 g/mol. The number of hydrogen-bond acceptors (Lipinski definition) is 3. The van der Waals surface area contributed by atoms with Crippen molar-refractivity contribution in [1.82, 2.24) is 10.3 Å². The molecule has 0 aromatic carbocycles. The zero-order valence-electron chi connectivity index (χ0n) is 9.93. The van der Waals surface area contributed by atoms with Gasteiger partial charge in [0.1, 0.15) is 5.82 Å². The summed E-state index contributed by atoms with van der Waals surface area (Å²) in [5.74, 6) is -0.366. The van der Waals surface area contributed by atoms with Gasteiger partial charge in [-0.1, -0.05) is 0 Å². The molecule has 19 heavy (non-hydrogen) atoms. The fourth-order valence-electron chi connectivity index (χ4n) is 1.38. The number of halogens is 4. The number of nitrogens with two attached hydrogens (primary N) is 1. The summed E-state index contributed by atoms with van der Waals surface area (Å²) in [4.78, 5) is 15.5. The van der Waals surface area contributed by atoms with Gasteiger partial charge in [-0.3, -0.25) is 4.79 Å². The van der Waals surface area contributed by atoms with Crippen LogP contribution in [0.4, 0.5) is 19.0 Å². The molecule has 0 bridgehead atoms. The topological polar surface area (TPSA) is 68.0 Å². The largest absolute Gasteiger partial charge is 0.389 e. The maximum Gasteiger partial charge on any atom is 0.389 e. The number of nitrogens with zero attached hydrogens (tertiary/aromatic N) is 1. The molecule has 0 spiro atoms. The zero-order chi connectivity index (χ0) is 14.5. The van der Waals surface area contributed by atoms with Crippen LogP contribution in [0.1, 0.15) is 29.6 Å². The van der Waals surface area contributed by atoms with Crippen molar-refractivity contribution in [3.8, 4) is 0 Å². The van der Waals surface area contributed by atoms with Crippen LogP contribution >= 0.6 is 15.9 Å². The molecule has 0 saturated heterocycles. The van der Waals surface area contributed by atoms with Gasteiger partial charge >= 0.3 is 6.18 Å². The molecular weight excluding hydrogens is 327 g/mol. The minimum absolute atomic E-state index is 0.0179. The molecule has 1 rings (SSSR count). The summed E-state index contributed by atoms with van der Waals surface area (Å²) < 4.78 is 36.3. The number of pyridine rings is 1. The summed E-state index contributed by atoms with van der Waals surface area (Å²) in [5.41, 5.74) is 5.74. The van der Waals surface area contributed by atoms with Crippen LogP contribution < -0.4 is 11.1 Å². The van der Waals surface area contributed by atoms with Gasteiger partial charge in [-0.15, -0.1) is 0 Å². The van der Waals surface area contributed by atoms with Crippen LogP contribution in [0.3, 0.4) is 0 Å². The van der Waals surface area contributed by atoms with E-state index in [1.165, 1.54) is 12.3 Å². The maximum atomic E-state index is 11.9. The van der Waals surface area contributed by atoms with Gasteiger partial charge in [0, 0.05) is 23.6 Å². The highest BCUT2D eigenvalue weighted by atomic mass is 79.9. The highest BCUT2D eigenvalue weighted by Gasteiger charge is 2.25. The van der Waals surface area contributed by atoms with Crippen LogP contribution in [0.15, 0.2) is 16.7 Å². The van der Waals surface area contributed by atoms with E-state index in [9.17, 15) is 18.0 Å². The third kappa shape index (κ3) is 5.91. The summed E-state index contributed by atoms with van der Waals surface area (Å²) in [6, 6.07) is 1.51. The van der Waals surface area contributed by atoms with Gasteiger partial charge in [-0.2, -0.15) is 13.2 Å². The number of aromatic nitrogens is 1. The molecule has 3 N–H and O–H groups in total. The van der Waals surface area contributed by atoms with E-state index in [2.05, 4.69) is 26.2 Å². The van der Waals surface area contributed by atoms with E-state index in [-0.39, 0.29) is 30.8 Å². The average Bonchev–Trinajstić information content (AvgIpc) is 2.30. The standard InChI is InChI=1S/C11H13BrF3N3O/c12-7-5-8(9(16)18-6-7)10(19)17-4-2-1-3-11(13,14)15/h5-6H,1-4H2,(H2,16,18)(H,17,19). The molecule has 8 heteroatoms. The molecule has 0 aliphatic heterocycles. The molecule has 0 atom stereocenters. The third-order valence-electron chi connectivity index (χ3n) is 2.30. The van der Waals surface area contributed by atoms with Gasteiger partial charge in [0.2, 0.25) is 0 Å². The first-order valence-corrected chi connectivity index (χ1v) is 6.35. The zero-order valence-corrected chi connectivity index (χ0v) is 11.5. The van der Waals surface area contributed by atoms with Gasteiger partial charge in [-0.25, -0.2) is 4.98 Å². The second-order valence-electron chi connectivity index (χ2n) is 3.91. The predicted octanol–water partition coefficient (Wildman–Crippen LogP) is 2.89. The SMILES string of the molecule is Nc1ncc(Br)cc1C(=O)NCCCCC(F)(F)F. The normalized spacial score (nSPS) is 11.4. The Hall–Kier alpha value is -1.31. The summed E-state index contributed by atoms with van der Waals surface area (Å²) in [6.07, 6.45) is -3.30. The van der Waals surface area contributed by atoms with E-state index in [4.69, 9.17) is 5.73 Å². The van der Waals surface area contributed by atoms with Crippen molar-refractivity contribution in [1.29, 1.82) is 0 Å². The van der Waals surface area contributed by atoms with Gasteiger partial charge in [0.05, 0.1) is 5.56 Å². The Kier molecular flexibility index (Phi) is 5.59. The van der Waals surface area contributed by atoms with E-state index in [0.29, 0.717) is 4.47 Å². The number of carbonyl (C=O) groups excluding carboxylic acids is 1. The molecule has 0 aliphatic rings. The van der Waals surface area contributed by atoms with E-state index >= 15 is 0 Å². The smallest absolute Gasteiger partial charge is 0.383 e. The Morgan fingerprint density at radius 3 is 2.74 bits per heavy atom.